The van der Waals surface area contributed by atoms with E-state index < -0.39 is 18.0 Å². The van der Waals surface area contributed by atoms with E-state index in [1.54, 1.807) is 30.3 Å². The van der Waals surface area contributed by atoms with Crippen LogP contribution in [0.4, 0.5) is 5.69 Å². The molecule has 0 aromatic heterocycles. The highest BCUT2D eigenvalue weighted by molar-refractivity contribution is 5.95. The van der Waals surface area contributed by atoms with Crippen molar-refractivity contribution in [1.82, 2.24) is 0 Å². The molecule has 0 aliphatic heterocycles. The van der Waals surface area contributed by atoms with Crippen molar-refractivity contribution in [2.75, 3.05) is 11.9 Å². The number of benzene rings is 2. The third-order valence-corrected chi connectivity index (χ3v) is 3.38. The second-order valence-electron chi connectivity index (χ2n) is 5.37. The topological polar surface area (TPSA) is 88.4 Å². The number of hydrogen-bond acceptors (Lipinski definition) is 5. The molecule has 25 heavy (non-hydrogen) atoms. The van der Waals surface area contributed by atoms with E-state index in [1.165, 1.54) is 13.0 Å². The van der Waals surface area contributed by atoms with Gasteiger partial charge in [0.2, 0.25) is 0 Å². The summed E-state index contributed by atoms with van der Waals surface area (Å²) in [7, 11) is 0. The minimum absolute atomic E-state index is 0.285. The van der Waals surface area contributed by atoms with Gasteiger partial charge in [0.25, 0.3) is 5.91 Å². The first-order chi connectivity index (χ1) is 12.0. The molecule has 0 aliphatic rings. The van der Waals surface area contributed by atoms with Crippen molar-refractivity contribution < 1.29 is 19.1 Å². The highest BCUT2D eigenvalue weighted by Crippen LogP contribution is 2.16. The van der Waals surface area contributed by atoms with Crippen LogP contribution in [0.25, 0.3) is 0 Å². The largest absolute Gasteiger partial charge is 0.482 e. The quantitative estimate of drug-likeness (QED) is 0.818. The van der Waals surface area contributed by atoms with Gasteiger partial charge in [-0.05, 0) is 43.7 Å². The number of ether oxygens (including phenoxy) is 2. The van der Waals surface area contributed by atoms with E-state index in [-0.39, 0.29) is 6.61 Å². The molecule has 0 saturated heterocycles. The first-order valence-corrected chi connectivity index (χ1v) is 7.68. The van der Waals surface area contributed by atoms with Crippen LogP contribution in [0, 0.1) is 18.3 Å². The maximum atomic E-state index is 12.1. The number of carbonyl (C=O) groups excluding carboxylic acids is 2. The number of esters is 1. The van der Waals surface area contributed by atoms with Crippen molar-refractivity contribution in [2.24, 2.45) is 0 Å². The molecule has 2 rings (SSSR count). The summed E-state index contributed by atoms with van der Waals surface area (Å²) in [5.41, 5.74) is 1.79. The molecule has 6 nitrogen and oxygen atoms in total. The molecular weight excluding hydrogens is 320 g/mol. The third kappa shape index (κ3) is 5.36. The SMILES string of the molecule is Cc1ccccc1OCC(=O)O[C@@H](C)C(=O)Nc1cccc(C#N)c1. The molecule has 0 heterocycles. The zero-order chi connectivity index (χ0) is 18.2. The molecular formula is C19H18N2O4. The minimum atomic E-state index is -0.987. The van der Waals surface area contributed by atoms with E-state index in [0.717, 1.165) is 5.56 Å². The van der Waals surface area contributed by atoms with E-state index in [2.05, 4.69) is 5.32 Å². The van der Waals surface area contributed by atoms with E-state index >= 15 is 0 Å². The lowest BCUT2D eigenvalue weighted by Crippen LogP contribution is -2.31. The smallest absolute Gasteiger partial charge is 0.344 e. The Balaban J connectivity index is 1.84. The highest BCUT2D eigenvalue weighted by Gasteiger charge is 2.18. The summed E-state index contributed by atoms with van der Waals surface area (Å²) >= 11 is 0. The molecule has 0 bridgehead atoms. The Kier molecular flexibility index (Phi) is 6.13. The molecule has 0 unspecified atom stereocenters. The summed E-state index contributed by atoms with van der Waals surface area (Å²) in [4.78, 5) is 23.9. The van der Waals surface area contributed by atoms with Crippen LogP contribution in [-0.2, 0) is 14.3 Å². The number of hydrogen-bond donors (Lipinski definition) is 1. The minimum Gasteiger partial charge on any atom is -0.482 e. The van der Waals surface area contributed by atoms with Gasteiger partial charge in [0, 0.05) is 5.69 Å². The average Bonchev–Trinajstić information content (AvgIpc) is 2.61. The number of amides is 1. The number of nitrogens with one attached hydrogen (secondary N) is 1. The third-order valence-electron chi connectivity index (χ3n) is 3.38. The second kappa shape index (κ2) is 8.50. The molecule has 0 radical (unpaired) electrons. The Hall–Kier alpha value is -3.33. The average molecular weight is 338 g/mol. The van der Waals surface area contributed by atoms with Gasteiger partial charge in [-0.3, -0.25) is 4.79 Å². The van der Waals surface area contributed by atoms with Crippen molar-refractivity contribution in [3.63, 3.8) is 0 Å². The zero-order valence-corrected chi connectivity index (χ0v) is 14.0. The van der Waals surface area contributed by atoms with Crippen LogP contribution in [0.15, 0.2) is 48.5 Å². The monoisotopic (exact) mass is 338 g/mol. The van der Waals surface area contributed by atoms with E-state index in [9.17, 15) is 9.59 Å². The molecule has 0 spiro atoms. The number of nitriles is 1. The normalized spacial score (nSPS) is 11.1. The molecule has 1 atom stereocenters. The lowest BCUT2D eigenvalue weighted by atomic mass is 10.2. The van der Waals surface area contributed by atoms with Crippen LogP contribution in [0.2, 0.25) is 0 Å². The predicted molar refractivity (Wildman–Crippen MR) is 92.0 cm³/mol. The molecule has 1 N–H and O–H groups in total. The summed E-state index contributed by atoms with van der Waals surface area (Å²) in [6.45, 7) is 3.05. The molecule has 2 aromatic rings. The van der Waals surface area contributed by atoms with Crippen LogP contribution in [0.3, 0.4) is 0 Å². The standard InChI is InChI=1S/C19H18N2O4/c1-13-6-3-4-9-17(13)24-12-18(22)25-14(2)19(23)21-16-8-5-7-15(10-16)11-20/h3-10,14H,12H2,1-2H3,(H,21,23)/t14-/m0/s1. The predicted octanol–water partition coefficient (Wildman–Crippen LogP) is 2.82. The van der Waals surface area contributed by atoms with Crippen molar-refractivity contribution in [3.8, 4) is 11.8 Å². The summed E-state index contributed by atoms with van der Waals surface area (Å²) in [6, 6.07) is 15.7. The van der Waals surface area contributed by atoms with Gasteiger partial charge in [-0.2, -0.15) is 5.26 Å². The Bertz CT molecular complexity index is 811. The van der Waals surface area contributed by atoms with Gasteiger partial charge in [-0.1, -0.05) is 24.3 Å². The van der Waals surface area contributed by atoms with Crippen LogP contribution in [-0.4, -0.2) is 24.6 Å². The number of para-hydroxylation sites is 1. The van der Waals surface area contributed by atoms with Gasteiger partial charge in [0.05, 0.1) is 11.6 Å². The maximum Gasteiger partial charge on any atom is 0.344 e. The maximum absolute atomic E-state index is 12.1. The van der Waals surface area contributed by atoms with Crippen LogP contribution >= 0.6 is 0 Å². The van der Waals surface area contributed by atoms with Gasteiger partial charge in [0.15, 0.2) is 12.7 Å². The lowest BCUT2D eigenvalue weighted by molar-refractivity contribution is -0.155. The molecule has 0 fully saturated rings. The first kappa shape index (κ1) is 18.0. The molecule has 2 aromatic carbocycles. The molecule has 0 saturated carbocycles. The van der Waals surface area contributed by atoms with Crippen molar-refractivity contribution in [2.45, 2.75) is 20.0 Å². The fourth-order valence-electron chi connectivity index (χ4n) is 2.05. The van der Waals surface area contributed by atoms with Gasteiger partial charge >= 0.3 is 5.97 Å². The van der Waals surface area contributed by atoms with E-state index in [4.69, 9.17) is 14.7 Å². The Morgan fingerprint density at radius 1 is 1.20 bits per heavy atom. The van der Waals surface area contributed by atoms with Crippen LogP contribution in [0.5, 0.6) is 5.75 Å². The number of anilines is 1. The Morgan fingerprint density at radius 2 is 1.96 bits per heavy atom. The summed E-state index contributed by atoms with van der Waals surface area (Å²) in [6.07, 6.45) is -0.987. The number of aryl methyl sites for hydroxylation is 1. The number of carbonyl (C=O) groups is 2. The van der Waals surface area contributed by atoms with Crippen molar-refractivity contribution in [1.29, 1.82) is 5.26 Å². The van der Waals surface area contributed by atoms with Crippen molar-refractivity contribution >= 4 is 17.6 Å². The van der Waals surface area contributed by atoms with Crippen LogP contribution < -0.4 is 10.1 Å². The van der Waals surface area contributed by atoms with Gasteiger partial charge < -0.3 is 14.8 Å². The zero-order valence-electron chi connectivity index (χ0n) is 14.0. The van der Waals surface area contributed by atoms with E-state index in [1.807, 2.05) is 25.1 Å². The molecule has 1 amide bonds. The van der Waals surface area contributed by atoms with Crippen molar-refractivity contribution in [3.05, 3.63) is 59.7 Å². The molecule has 128 valence electrons. The number of nitrogens with zero attached hydrogens (tertiary/aromatic N) is 1. The van der Waals surface area contributed by atoms with E-state index in [0.29, 0.717) is 17.0 Å². The lowest BCUT2D eigenvalue weighted by Gasteiger charge is -2.14. The van der Waals surface area contributed by atoms with Gasteiger partial charge in [-0.25, -0.2) is 4.79 Å². The fraction of sp³-hybridized carbons (Fsp3) is 0.211. The van der Waals surface area contributed by atoms with Crippen LogP contribution in [0.1, 0.15) is 18.1 Å². The first-order valence-electron chi connectivity index (χ1n) is 7.68. The Morgan fingerprint density at radius 3 is 2.68 bits per heavy atom. The summed E-state index contributed by atoms with van der Waals surface area (Å²) < 4.78 is 10.4. The molecule has 6 heteroatoms. The highest BCUT2D eigenvalue weighted by atomic mass is 16.6. The fourth-order valence-corrected chi connectivity index (χ4v) is 2.05. The van der Waals surface area contributed by atoms with Gasteiger partial charge in [0.1, 0.15) is 5.75 Å². The van der Waals surface area contributed by atoms with Gasteiger partial charge in [-0.15, -0.1) is 0 Å². The summed E-state index contributed by atoms with van der Waals surface area (Å²) in [5.74, 6) is -0.541. The second-order valence-corrected chi connectivity index (χ2v) is 5.37. The molecule has 0 aliphatic carbocycles. The summed E-state index contributed by atoms with van der Waals surface area (Å²) in [5, 5.41) is 11.4. The Labute approximate surface area is 146 Å². The number of rotatable bonds is 6.